The predicted octanol–water partition coefficient (Wildman–Crippen LogP) is 0.137. The van der Waals surface area contributed by atoms with E-state index in [4.69, 9.17) is 4.74 Å². The Balaban J connectivity index is 2.19. The van der Waals surface area contributed by atoms with Crippen LogP contribution in [-0.4, -0.2) is 38.8 Å². The molecular weight excluding hydrogens is 180 g/mol. The molecule has 1 heterocycles. The minimum Gasteiger partial charge on any atom is -0.375 e. The van der Waals surface area contributed by atoms with Crippen LogP contribution in [0.2, 0.25) is 0 Å². The van der Waals surface area contributed by atoms with Crippen LogP contribution in [0.3, 0.4) is 0 Å². The molecule has 14 heavy (non-hydrogen) atoms. The van der Waals surface area contributed by atoms with Crippen molar-refractivity contribution in [3.63, 3.8) is 0 Å². The van der Waals surface area contributed by atoms with Gasteiger partial charge in [-0.1, -0.05) is 6.92 Å². The molecule has 0 aromatic rings. The van der Waals surface area contributed by atoms with Crippen LogP contribution in [0.1, 0.15) is 19.8 Å². The summed E-state index contributed by atoms with van der Waals surface area (Å²) < 4.78 is 4.74. The summed E-state index contributed by atoms with van der Waals surface area (Å²) in [6, 6.07) is 0.421. The number of ether oxygens (including phenoxy) is 1. The second-order valence-electron chi connectivity index (χ2n) is 3.92. The molecule has 2 unspecified atom stereocenters. The largest absolute Gasteiger partial charge is 0.375 e. The summed E-state index contributed by atoms with van der Waals surface area (Å²) >= 11 is 0. The zero-order chi connectivity index (χ0) is 10.4. The molecule has 1 fully saturated rings. The second-order valence-corrected chi connectivity index (χ2v) is 3.92. The molecule has 2 N–H and O–H groups in total. The van der Waals surface area contributed by atoms with E-state index in [1.54, 1.807) is 0 Å². The van der Waals surface area contributed by atoms with Gasteiger partial charge < -0.3 is 15.4 Å². The van der Waals surface area contributed by atoms with E-state index in [1.807, 2.05) is 0 Å². The first kappa shape index (κ1) is 11.5. The van der Waals surface area contributed by atoms with Crippen molar-refractivity contribution in [3.05, 3.63) is 0 Å². The summed E-state index contributed by atoms with van der Waals surface area (Å²) in [4.78, 5) is 11.1. The lowest BCUT2D eigenvalue weighted by Crippen LogP contribution is -2.48. The topological polar surface area (TPSA) is 50.4 Å². The number of amides is 1. The number of hydrogen-bond acceptors (Lipinski definition) is 3. The van der Waals surface area contributed by atoms with Gasteiger partial charge in [0.25, 0.3) is 0 Å². The van der Waals surface area contributed by atoms with Gasteiger partial charge >= 0.3 is 0 Å². The van der Waals surface area contributed by atoms with E-state index in [2.05, 4.69) is 17.6 Å². The van der Waals surface area contributed by atoms with Crippen LogP contribution in [-0.2, 0) is 9.53 Å². The van der Waals surface area contributed by atoms with E-state index < -0.39 is 0 Å². The average molecular weight is 200 g/mol. The Labute approximate surface area is 85.4 Å². The van der Waals surface area contributed by atoms with Crippen molar-refractivity contribution in [1.29, 1.82) is 0 Å². The number of carbonyl (C=O) groups is 1. The highest BCUT2D eigenvalue weighted by Gasteiger charge is 2.20. The van der Waals surface area contributed by atoms with Gasteiger partial charge in [0.05, 0.1) is 0 Å². The van der Waals surface area contributed by atoms with Crippen molar-refractivity contribution < 1.29 is 9.53 Å². The average Bonchev–Trinajstić information content (AvgIpc) is 2.17. The zero-order valence-electron chi connectivity index (χ0n) is 9.01. The first-order valence-corrected chi connectivity index (χ1v) is 5.23. The van der Waals surface area contributed by atoms with Crippen LogP contribution in [0.4, 0.5) is 0 Å². The molecule has 4 heteroatoms. The Morgan fingerprint density at radius 2 is 2.43 bits per heavy atom. The molecule has 1 amide bonds. The highest BCUT2D eigenvalue weighted by molar-refractivity contribution is 5.77. The zero-order valence-corrected chi connectivity index (χ0v) is 9.01. The van der Waals surface area contributed by atoms with E-state index in [0.717, 1.165) is 6.54 Å². The molecule has 0 saturated carbocycles. The van der Waals surface area contributed by atoms with Crippen LogP contribution >= 0.6 is 0 Å². The molecule has 0 spiro atoms. The molecule has 1 aliphatic rings. The molecule has 2 atom stereocenters. The summed E-state index contributed by atoms with van der Waals surface area (Å²) in [5.74, 6) is 0.610. The minimum atomic E-state index is -0.0351. The molecule has 0 aromatic carbocycles. The highest BCUT2D eigenvalue weighted by Crippen LogP contribution is 2.14. The number of carbonyl (C=O) groups excluding carboxylic acids is 1. The van der Waals surface area contributed by atoms with Crippen LogP contribution in [0.15, 0.2) is 0 Å². The monoisotopic (exact) mass is 200 g/mol. The van der Waals surface area contributed by atoms with E-state index in [0.29, 0.717) is 18.5 Å². The number of methoxy groups -OCH3 is 1. The molecule has 0 radical (unpaired) electrons. The molecule has 82 valence electrons. The Bertz CT molecular complexity index is 185. The second kappa shape index (κ2) is 5.98. The minimum absolute atomic E-state index is 0.0351. The standard InChI is InChI=1S/C10H20N2O2/c1-8-4-3-5-11-9(8)6-12-10(13)7-14-2/h8-9,11H,3-7H2,1-2H3,(H,12,13). The van der Waals surface area contributed by atoms with E-state index in [1.165, 1.54) is 20.0 Å². The molecule has 1 aliphatic heterocycles. The van der Waals surface area contributed by atoms with Crippen molar-refractivity contribution in [1.82, 2.24) is 10.6 Å². The number of rotatable bonds is 4. The van der Waals surface area contributed by atoms with Crippen molar-refractivity contribution >= 4 is 5.91 Å². The predicted molar refractivity (Wildman–Crippen MR) is 55.1 cm³/mol. The van der Waals surface area contributed by atoms with E-state index in [-0.39, 0.29) is 12.5 Å². The van der Waals surface area contributed by atoms with Gasteiger partial charge in [0.2, 0.25) is 5.91 Å². The van der Waals surface area contributed by atoms with Gasteiger partial charge in [0, 0.05) is 19.7 Å². The van der Waals surface area contributed by atoms with Crippen molar-refractivity contribution in [2.24, 2.45) is 5.92 Å². The summed E-state index contributed by atoms with van der Waals surface area (Å²) in [6.45, 7) is 4.15. The maximum absolute atomic E-state index is 11.1. The van der Waals surface area contributed by atoms with Crippen LogP contribution < -0.4 is 10.6 Å². The quantitative estimate of drug-likeness (QED) is 0.678. The summed E-state index contributed by atoms with van der Waals surface area (Å²) in [7, 11) is 1.53. The van der Waals surface area contributed by atoms with Crippen LogP contribution in [0.5, 0.6) is 0 Å². The molecular formula is C10H20N2O2. The van der Waals surface area contributed by atoms with Gasteiger partial charge in [-0.2, -0.15) is 0 Å². The normalized spacial score (nSPS) is 27.3. The molecule has 0 aliphatic carbocycles. The number of piperidine rings is 1. The van der Waals surface area contributed by atoms with Gasteiger partial charge in [-0.25, -0.2) is 0 Å². The van der Waals surface area contributed by atoms with Gasteiger partial charge in [0.1, 0.15) is 6.61 Å². The third-order valence-electron chi connectivity index (χ3n) is 2.72. The van der Waals surface area contributed by atoms with E-state index >= 15 is 0 Å². The van der Waals surface area contributed by atoms with Crippen molar-refractivity contribution in [2.75, 3.05) is 26.8 Å². The molecule has 4 nitrogen and oxygen atoms in total. The van der Waals surface area contributed by atoms with Gasteiger partial charge in [-0.05, 0) is 25.3 Å². The molecule has 0 aromatic heterocycles. The highest BCUT2D eigenvalue weighted by atomic mass is 16.5. The lowest BCUT2D eigenvalue weighted by atomic mass is 9.93. The Kier molecular flexibility index (Phi) is 4.90. The van der Waals surface area contributed by atoms with Crippen molar-refractivity contribution in [2.45, 2.75) is 25.8 Å². The lowest BCUT2D eigenvalue weighted by Gasteiger charge is -2.30. The maximum atomic E-state index is 11.1. The van der Waals surface area contributed by atoms with Crippen molar-refractivity contribution in [3.8, 4) is 0 Å². The van der Waals surface area contributed by atoms with Gasteiger partial charge in [-0.15, -0.1) is 0 Å². The van der Waals surface area contributed by atoms with Gasteiger partial charge in [-0.3, -0.25) is 4.79 Å². The SMILES string of the molecule is COCC(=O)NCC1NCCCC1C. The van der Waals surface area contributed by atoms with Crippen LogP contribution in [0, 0.1) is 5.92 Å². The first-order valence-electron chi connectivity index (χ1n) is 5.23. The Morgan fingerprint density at radius 3 is 3.07 bits per heavy atom. The summed E-state index contributed by atoms with van der Waals surface area (Å²) in [5.41, 5.74) is 0. The third-order valence-corrected chi connectivity index (χ3v) is 2.72. The first-order chi connectivity index (χ1) is 6.74. The number of hydrogen-bond donors (Lipinski definition) is 2. The Morgan fingerprint density at radius 1 is 1.64 bits per heavy atom. The Hall–Kier alpha value is -0.610. The van der Waals surface area contributed by atoms with Gasteiger partial charge in [0.15, 0.2) is 0 Å². The molecule has 1 saturated heterocycles. The number of nitrogens with one attached hydrogen (secondary N) is 2. The smallest absolute Gasteiger partial charge is 0.246 e. The maximum Gasteiger partial charge on any atom is 0.246 e. The third kappa shape index (κ3) is 3.64. The molecule has 0 bridgehead atoms. The fourth-order valence-electron chi connectivity index (χ4n) is 1.79. The van der Waals surface area contributed by atoms with E-state index in [9.17, 15) is 4.79 Å². The lowest BCUT2D eigenvalue weighted by molar-refractivity contribution is -0.124. The fraction of sp³-hybridized carbons (Fsp3) is 0.900. The summed E-state index contributed by atoms with van der Waals surface area (Å²) in [6.07, 6.45) is 2.49. The fourth-order valence-corrected chi connectivity index (χ4v) is 1.79. The van der Waals surface area contributed by atoms with Crippen LogP contribution in [0.25, 0.3) is 0 Å². The summed E-state index contributed by atoms with van der Waals surface area (Å²) in [5, 5.41) is 6.27. The molecule has 1 rings (SSSR count).